The first-order valence-electron chi connectivity index (χ1n) is 8.81. The Balaban J connectivity index is 1.69. The minimum Gasteiger partial charge on any atom is -0.435 e. The van der Waals surface area contributed by atoms with Gasteiger partial charge in [-0.05, 0) is 55.8 Å². The minimum atomic E-state index is -2.87. The summed E-state index contributed by atoms with van der Waals surface area (Å²) >= 11 is 0. The molecule has 2 aromatic carbocycles. The predicted octanol–water partition coefficient (Wildman–Crippen LogP) is 4.36. The lowest BCUT2D eigenvalue weighted by Gasteiger charge is -2.11. The van der Waals surface area contributed by atoms with Gasteiger partial charge in [-0.3, -0.25) is 4.57 Å². The molecule has 0 aliphatic rings. The highest BCUT2D eigenvalue weighted by Crippen LogP contribution is 2.24. The molecule has 0 aliphatic carbocycles. The summed E-state index contributed by atoms with van der Waals surface area (Å²) in [7, 11) is 0. The van der Waals surface area contributed by atoms with Crippen LogP contribution < -0.4 is 15.8 Å². The maximum absolute atomic E-state index is 12.3. The highest BCUT2D eigenvalue weighted by atomic mass is 19.3. The molecule has 3 N–H and O–H groups in total. The number of benzene rings is 2. The van der Waals surface area contributed by atoms with Crippen LogP contribution in [0.3, 0.4) is 0 Å². The zero-order chi connectivity index (χ0) is 20.5. The van der Waals surface area contributed by atoms with Gasteiger partial charge in [0.05, 0.1) is 11.0 Å². The van der Waals surface area contributed by atoms with Crippen LogP contribution in [0.4, 0.5) is 26.1 Å². The van der Waals surface area contributed by atoms with Crippen molar-refractivity contribution in [3.05, 3.63) is 59.9 Å². The van der Waals surface area contributed by atoms with Crippen molar-refractivity contribution in [2.24, 2.45) is 0 Å². The van der Waals surface area contributed by atoms with Crippen LogP contribution in [0.2, 0.25) is 0 Å². The molecule has 2 aromatic heterocycles. The van der Waals surface area contributed by atoms with E-state index in [4.69, 9.17) is 5.73 Å². The fourth-order valence-electron chi connectivity index (χ4n) is 3.04. The summed E-state index contributed by atoms with van der Waals surface area (Å²) in [5.41, 5.74) is 9.44. The van der Waals surface area contributed by atoms with E-state index in [1.807, 2.05) is 36.6 Å². The molecule has 0 spiro atoms. The van der Waals surface area contributed by atoms with Gasteiger partial charge >= 0.3 is 6.61 Å². The third-order valence-electron chi connectivity index (χ3n) is 4.26. The molecule has 4 rings (SSSR count). The number of hydrogen-bond donors (Lipinski definition) is 2. The molecule has 148 valence electrons. The maximum atomic E-state index is 12.3. The van der Waals surface area contributed by atoms with Gasteiger partial charge in [-0.2, -0.15) is 18.7 Å². The van der Waals surface area contributed by atoms with Crippen molar-refractivity contribution in [1.29, 1.82) is 0 Å². The summed E-state index contributed by atoms with van der Waals surface area (Å²) in [6.45, 7) is 1.01. The maximum Gasteiger partial charge on any atom is 0.387 e. The number of nitrogen functional groups attached to an aromatic ring is 1. The van der Waals surface area contributed by atoms with Gasteiger partial charge < -0.3 is 15.8 Å². The molecular weight excluding hydrogens is 378 g/mol. The molecule has 0 radical (unpaired) electrons. The normalized spacial score (nSPS) is 11.2. The molecule has 0 saturated carbocycles. The van der Waals surface area contributed by atoms with Gasteiger partial charge in [0, 0.05) is 11.8 Å². The van der Waals surface area contributed by atoms with E-state index in [0.29, 0.717) is 17.5 Å². The molecule has 2 heterocycles. The molecule has 0 fully saturated rings. The van der Waals surface area contributed by atoms with E-state index in [1.165, 1.54) is 12.1 Å². The number of anilines is 3. The third-order valence-corrected chi connectivity index (χ3v) is 4.26. The Morgan fingerprint density at radius 1 is 1.00 bits per heavy atom. The Bertz CT molecular complexity index is 1170. The average Bonchev–Trinajstić information content (AvgIpc) is 2.97. The van der Waals surface area contributed by atoms with Gasteiger partial charge in [-0.25, -0.2) is 4.98 Å². The number of hydrogen-bond acceptors (Lipinski definition) is 6. The minimum absolute atomic E-state index is 0.0734. The van der Waals surface area contributed by atoms with Crippen molar-refractivity contribution < 1.29 is 13.5 Å². The van der Waals surface area contributed by atoms with Gasteiger partial charge in [0.1, 0.15) is 23.2 Å². The Kier molecular flexibility index (Phi) is 4.71. The summed E-state index contributed by atoms with van der Waals surface area (Å²) in [6, 6.07) is 13.6. The largest absolute Gasteiger partial charge is 0.435 e. The van der Waals surface area contributed by atoms with Crippen molar-refractivity contribution in [2.75, 3.05) is 11.1 Å². The summed E-state index contributed by atoms with van der Waals surface area (Å²) in [5, 5.41) is 3.10. The second kappa shape index (κ2) is 7.34. The van der Waals surface area contributed by atoms with E-state index in [1.54, 1.807) is 18.2 Å². The first kappa shape index (κ1) is 18.6. The number of aromatic nitrogens is 4. The number of alkyl halides is 2. The van der Waals surface area contributed by atoms with Gasteiger partial charge in [0.25, 0.3) is 0 Å². The van der Waals surface area contributed by atoms with Crippen molar-refractivity contribution in [2.45, 2.75) is 20.5 Å². The van der Waals surface area contributed by atoms with Gasteiger partial charge in [0.2, 0.25) is 5.95 Å². The number of fused-ring (bicyclic) bond motifs is 1. The van der Waals surface area contributed by atoms with Crippen LogP contribution in [-0.4, -0.2) is 26.1 Å². The lowest BCUT2D eigenvalue weighted by atomic mass is 10.2. The molecule has 4 aromatic rings. The average molecular weight is 396 g/mol. The number of nitrogens with zero attached hydrogens (tertiary/aromatic N) is 4. The second-order valence-electron chi connectivity index (χ2n) is 6.49. The fourth-order valence-corrected chi connectivity index (χ4v) is 3.04. The molecule has 0 bridgehead atoms. The fraction of sp³-hybridized carbons (Fsp3) is 0.150. The van der Waals surface area contributed by atoms with Crippen molar-refractivity contribution in [3.63, 3.8) is 0 Å². The molecule has 0 amide bonds. The van der Waals surface area contributed by atoms with E-state index >= 15 is 0 Å². The topological polar surface area (TPSA) is 90.9 Å². The summed E-state index contributed by atoms with van der Waals surface area (Å²) in [5.74, 6) is 1.93. The number of nitrogens with one attached hydrogen (secondary N) is 1. The van der Waals surface area contributed by atoms with Crippen LogP contribution in [-0.2, 0) is 0 Å². The zero-order valence-electron chi connectivity index (χ0n) is 15.7. The monoisotopic (exact) mass is 396 g/mol. The Morgan fingerprint density at radius 3 is 2.48 bits per heavy atom. The van der Waals surface area contributed by atoms with Crippen LogP contribution in [0.1, 0.15) is 11.4 Å². The lowest BCUT2D eigenvalue weighted by molar-refractivity contribution is -0.0498. The molecule has 29 heavy (non-hydrogen) atoms. The van der Waals surface area contributed by atoms with Crippen molar-refractivity contribution in [3.8, 4) is 11.7 Å². The van der Waals surface area contributed by atoms with Crippen LogP contribution in [0.15, 0.2) is 48.5 Å². The Hall–Kier alpha value is -3.75. The number of rotatable bonds is 5. The smallest absolute Gasteiger partial charge is 0.387 e. The standard InChI is InChI=1S/C20H18F2N6O/c1-11-3-8-15-16(9-11)28(12(2)24-15)20-26-17(23)10-18(27-20)25-13-4-6-14(7-5-13)29-19(21)22/h3-10,19H,1-2H3,(H3,23,25,26,27). The van der Waals surface area contributed by atoms with E-state index < -0.39 is 6.61 Å². The quantitative estimate of drug-likeness (QED) is 0.521. The predicted molar refractivity (Wildman–Crippen MR) is 107 cm³/mol. The lowest BCUT2D eigenvalue weighted by Crippen LogP contribution is -2.08. The van der Waals surface area contributed by atoms with E-state index in [2.05, 4.69) is 25.0 Å². The highest BCUT2D eigenvalue weighted by molar-refractivity contribution is 5.78. The number of imidazole rings is 1. The first-order chi connectivity index (χ1) is 13.9. The molecular formula is C20H18F2N6O. The van der Waals surface area contributed by atoms with E-state index in [0.717, 1.165) is 22.4 Å². The number of nitrogens with two attached hydrogens (primary N) is 1. The third kappa shape index (κ3) is 3.93. The number of ether oxygens (including phenoxy) is 1. The number of halogens is 2. The van der Waals surface area contributed by atoms with Gasteiger partial charge in [0.15, 0.2) is 0 Å². The van der Waals surface area contributed by atoms with Crippen LogP contribution >= 0.6 is 0 Å². The first-order valence-corrected chi connectivity index (χ1v) is 8.81. The van der Waals surface area contributed by atoms with Crippen LogP contribution in [0.25, 0.3) is 17.0 Å². The van der Waals surface area contributed by atoms with Crippen molar-refractivity contribution in [1.82, 2.24) is 19.5 Å². The number of aryl methyl sites for hydroxylation is 2. The zero-order valence-corrected chi connectivity index (χ0v) is 15.7. The van der Waals surface area contributed by atoms with Gasteiger partial charge in [-0.15, -0.1) is 0 Å². The Labute approximate surface area is 165 Å². The Morgan fingerprint density at radius 2 is 1.76 bits per heavy atom. The molecule has 0 aliphatic heterocycles. The summed E-state index contributed by atoms with van der Waals surface area (Å²) in [6.07, 6.45) is 0. The van der Waals surface area contributed by atoms with Gasteiger partial charge in [-0.1, -0.05) is 6.07 Å². The summed E-state index contributed by atoms with van der Waals surface area (Å²) < 4.78 is 30.8. The van der Waals surface area contributed by atoms with Crippen LogP contribution in [0.5, 0.6) is 5.75 Å². The molecule has 7 nitrogen and oxygen atoms in total. The second-order valence-corrected chi connectivity index (χ2v) is 6.49. The molecule has 9 heteroatoms. The van der Waals surface area contributed by atoms with E-state index in [9.17, 15) is 8.78 Å². The van der Waals surface area contributed by atoms with E-state index in [-0.39, 0.29) is 11.6 Å². The van der Waals surface area contributed by atoms with Crippen molar-refractivity contribution >= 4 is 28.4 Å². The molecule has 0 atom stereocenters. The molecule has 0 saturated heterocycles. The highest BCUT2D eigenvalue weighted by Gasteiger charge is 2.14. The van der Waals surface area contributed by atoms with Crippen LogP contribution in [0, 0.1) is 13.8 Å². The molecule has 0 unspecified atom stereocenters. The SMILES string of the molecule is Cc1ccc2nc(C)n(-c3nc(N)cc(Nc4ccc(OC(F)F)cc4)n3)c2c1. The summed E-state index contributed by atoms with van der Waals surface area (Å²) in [4.78, 5) is 13.5.